The third-order valence-corrected chi connectivity index (χ3v) is 3.60. The SMILES string of the molecule is CC[C@H](C)[C@H](N)C(=O)Nc1cc(C(=O)NC)ccc1Cl. The van der Waals surface area contributed by atoms with Crippen LogP contribution in [0.5, 0.6) is 0 Å². The predicted molar refractivity (Wildman–Crippen MR) is 80.9 cm³/mol. The summed E-state index contributed by atoms with van der Waals surface area (Å²) in [6.45, 7) is 3.88. The summed E-state index contributed by atoms with van der Waals surface area (Å²) in [5.41, 5.74) is 6.67. The molecule has 0 unspecified atom stereocenters. The van der Waals surface area contributed by atoms with Crippen molar-refractivity contribution in [1.29, 1.82) is 0 Å². The van der Waals surface area contributed by atoms with Gasteiger partial charge in [0, 0.05) is 12.6 Å². The lowest BCUT2D eigenvalue weighted by Gasteiger charge is -2.18. The van der Waals surface area contributed by atoms with Gasteiger partial charge in [0.05, 0.1) is 16.8 Å². The zero-order chi connectivity index (χ0) is 15.3. The molecule has 1 aromatic carbocycles. The second-order valence-corrected chi connectivity index (χ2v) is 5.08. The van der Waals surface area contributed by atoms with Gasteiger partial charge in [-0.2, -0.15) is 0 Å². The van der Waals surface area contributed by atoms with E-state index < -0.39 is 6.04 Å². The van der Waals surface area contributed by atoms with Gasteiger partial charge in [-0.3, -0.25) is 9.59 Å². The van der Waals surface area contributed by atoms with E-state index in [9.17, 15) is 9.59 Å². The van der Waals surface area contributed by atoms with Gasteiger partial charge in [-0.1, -0.05) is 31.9 Å². The Morgan fingerprint density at radius 2 is 2.05 bits per heavy atom. The summed E-state index contributed by atoms with van der Waals surface area (Å²) in [6, 6.07) is 4.07. The lowest BCUT2D eigenvalue weighted by atomic mass is 9.99. The molecule has 1 aromatic rings. The van der Waals surface area contributed by atoms with Crippen LogP contribution in [0.4, 0.5) is 5.69 Å². The number of nitrogens with one attached hydrogen (secondary N) is 2. The molecular formula is C14H20ClN3O2. The van der Waals surface area contributed by atoms with Crippen molar-refractivity contribution in [3.63, 3.8) is 0 Å². The van der Waals surface area contributed by atoms with Crippen molar-refractivity contribution in [2.75, 3.05) is 12.4 Å². The van der Waals surface area contributed by atoms with E-state index in [2.05, 4.69) is 10.6 Å². The molecule has 2 amide bonds. The molecule has 0 fully saturated rings. The van der Waals surface area contributed by atoms with Crippen LogP contribution in [0.2, 0.25) is 5.02 Å². The Bertz CT molecular complexity index is 505. The fraction of sp³-hybridized carbons (Fsp3) is 0.429. The van der Waals surface area contributed by atoms with Crippen molar-refractivity contribution in [3.05, 3.63) is 28.8 Å². The average Bonchev–Trinajstić information content (AvgIpc) is 2.46. The fourth-order valence-corrected chi connectivity index (χ4v) is 1.80. The van der Waals surface area contributed by atoms with Gasteiger partial charge in [-0.05, 0) is 24.1 Å². The van der Waals surface area contributed by atoms with Gasteiger partial charge >= 0.3 is 0 Å². The molecule has 0 aromatic heterocycles. The second kappa shape index (κ2) is 7.26. The maximum Gasteiger partial charge on any atom is 0.251 e. The summed E-state index contributed by atoms with van der Waals surface area (Å²) in [6.07, 6.45) is 0.806. The molecule has 4 N–H and O–H groups in total. The summed E-state index contributed by atoms with van der Waals surface area (Å²) in [5.74, 6) is -0.491. The minimum Gasteiger partial charge on any atom is -0.355 e. The first-order chi connectivity index (χ1) is 9.40. The molecule has 20 heavy (non-hydrogen) atoms. The van der Waals surface area contributed by atoms with Crippen molar-refractivity contribution >= 4 is 29.1 Å². The van der Waals surface area contributed by atoms with Gasteiger partial charge in [0.25, 0.3) is 5.91 Å². The Morgan fingerprint density at radius 1 is 1.40 bits per heavy atom. The number of rotatable bonds is 5. The third kappa shape index (κ3) is 3.95. The summed E-state index contributed by atoms with van der Waals surface area (Å²) < 4.78 is 0. The first-order valence-electron chi connectivity index (χ1n) is 6.48. The number of benzene rings is 1. The van der Waals surface area contributed by atoms with Crippen LogP contribution in [0.25, 0.3) is 0 Å². The molecule has 0 bridgehead atoms. The number of hydrogen-bond acceptors (Lipinski definition) is 3. The number of hydrogen-bond donors (Lipinski definition) is 3. The Kier molecular flexibility index (Phi) is 5.98. The van der Waals surface area contributed by atoms with E-state index in [0.717, 1.165) is 6.42 Å². The highest BCUT2D eigenvalue weighted by Crippen LogP contribution is 2.23. The van der Waals surface area contributed by atoms with Crippen LogP contribution in [0.1, 0.15) is 30.6 Å². The summed E-state index contributed by atoms with van der Waals surface area (Å²) in [7, 11) is 1.54. The number of halogens is 1. The molecule has 6 heteroatoms. The zero-order valence-electron chi connectivity index (χ0n) is 11.9. The Balaban J connectivity index is 2.91. The van der Waals surface area contributed by atoms with Gasteiger partial charge in [-0.15, -0.1) is 0 Å². The molecule has 5 nitrogen and oxygen atoms in total. The minimum atomic E-state index is -0.611. The minimum absolute atomic E-state index is 0.0656. The van der Waals surface area contributed by atoms with E-state index in [1.54, 1.807) is 12.1 Å². The van der Waals surface area contributed by atoms with Crippen LogP contribution >= 0.6 is 11.6 Å². The number of anilines is 1. The number of carbonyl (C=O) groups excluding carboxylic acids is 2. The van der Waals surface area contributed by atoms with Crippen LogP contribution in [0, 0.1) is 5.92 Å². The van der Waals surface area contributed by atoms with Crippen LogP contribution in [-0.4, -0.2) is 24.9 Å². The average molecular weight is 298 g/mol. The molecule has 0 saturated heterocycles. The molecule has 2 atom stereocenters. The molecule has 0 aliphatic carbocycles. The second-order valence-electron chi connectivity index (χ2n) is 4.67. The molecule has 0 spiro atoms. The molecule has 0 aliphatic rings. The highest BCUT2D eigenvalue weighted by Gasteiger charge is 2.20. The smallest absolute Gasteiger partial charge is 0.251 e. The molecule has 1 rings (SSSR count). The van der Waals surface area contributed by atoms with Gasteiger partial charge in [0.15, 0.2) is 0 Å². The van der Waals surface area contributed by atoms with Crippen molar-refractivity contribution < 1.29 is 9.59 Å². The normalized spacial score (nSPS) is 13.4. The number of nitrogens with two attached hydrogens (primary N) is 1. The van der Waals surface area contributed by atoms with E-state index in [1.165, 1.54) is 13.1 Å². The lowest BCUT2D eigenvalue weighted by Crippen LogP contribution is -2.40. The first-order valence-corrected chi connectivity index (χ1v) is 6.86. The monoisotopic (exact) mass is 297 g/mol. The van der Waals surface area contributed by atoms with E-state index in [4.69, 9.17) is 17.3 Å². The van der Waals surface area contributed by atoms with Crippen molar-refractivity contribution in [1.82, 2.24) is 5.32 Å². The molecule has 0 saturated carbocycles. The molecule has 0 aliphatic heterocycles. The van der Waals surface area contributed by atoms with Crippen LogP contribution in [0.15, 0.2) is 18.2 Å². The fourth-order valence-electron chi connectivity index (χ4n) is 1.64. The highest BCUT2D eigenvalue weighted by atomic mass is 35.5. The standard InChI is InChI=1S/C14H20ClN3O2/c1-4-8(2)12(16)14(20)18-11-7-9(13(19)17-3)5-6-10(11)15/h5-8,12H,4,16H2,1-3H3,(H,17,19)(H,18,20)/t8-,12-/m0/s1. The van der Waals surface area contributed by atoms with E-state index in [-0.39, 0.29) is 17.7 Å². The van der Waals surface area contributed by atoms with E-state index in [0.29, 0.717) is 16.3 Å². The Morgan fingerprint density at radius 3 is 2.60 bits per heavy atom. The largest absolute Gasteiger partial charge is 0.355 e. The van der Waals surface area contributed by atoms with Gasteiger partial charge < -0.3 is 16.4 Å². The van der Waals surface area contributed by atoms with Gasteiger partial charge in [0.1, 0.15) is 0 Å². The number of carbonyl (C=O) groups is 2. The molecule has 0 radical (unpaired) electrons. The maximum absolute atomic E-state index is 12.0. The van der Waals surface area contributed by atoms with Crippen LogP contribution < -0.4 is 16.4 Å². The van der Waals surface area contributed by atoms with E-state index in [1.807, 2.05) is 13.8 Å². The maximum atomic E-state index is 12.0. The van der Waals surface area contributed by atoms with Gasteiger partial charge in [0.2, 0.25) is 5.91 Å². The zero-order valence-corrected chi connectivity index (χ0v) is 12.6. The first kappa shape index (κ1) is 16.5. The summed E-state index contributed by atoms with van der Waals surface area (Å²) in [4.78, 5) is 23.6. The molecular weight excluding hydrogens is 278 g/mol. The predicted octanol–water partition coefficient (Wildman–Crippen LogP) is 2.01. The molecule has 110 valence electrons. The number of amides is 2. The Labute approximate surface area is 123 Å². The molecule has 0 heterocycles. The van der Waals surface area contributed by atoms with Crippen LogP contribution in [0.3, 0.4) is 0 Å². The third-order valence-electron chi connectivity index (χ3n) is 3.27. The topological polar surface area (TPSA) is 84.2 Å². The summed E-state index contributed by atoms with van der Waals surface area (Å²) in [5, 5.41) is 5.54. The highest BCUT2D eigenvalue weighted by molar-refractivity contribution is 6.34. The van der Waals surface area contributed by atoms with Crippen molar-refractivity contribution in [2.45, 2.75) is 26.3 Å². The van der Waals surface area contributed by atoms with E-state index >= 15 is 0 Å². The van der Waals surface area contributed by atoms with Crippen molar-refractivity contribution in [3.8, 4) is 0 Å². The lowest BCUT2D eigenvalue weighted by molar-refractivity contribution is -0.118. The van der Waals surface area contributed by atoms with Crippen molar-refractivity contribution in [2.24, 2.45) is 11.7 Å². The van der Waals surface area contributed by atoms with Crippen LogP contribution in [-0.2, 0) is 4.79 Å². The summed E-state index contributed by atoms with van der Waals surface area (Å²) >= 11 is 6.02. The van der Waals surface area contributed by atoms with Gasteiger partial charge in [-0.25, -0.2) is 0 Å². The Hall–Kier alpha value is -1.59. The quantitative estimate of drug-likeness (QED) is 0.777.